The third-order valence-corrected chi connectivity index (χ3v) is 5.48. The molecule has 2 amide bonds. The lowest BCUT2D eigenvalue weighted by Crippen LogP contribution is -2.47. The smallest absolute Gasteiger partial charge is 0.416 e. The molecule has 164 valence electrons. The van der Waals surface area contributed by atoms with Crippen molar-refractivity contribution in [3.63, 3.8) is 0 Å². The summed E-state index contributed by atoms with van der Waals surface area (Å²) in [6.45, 7) is 5.78. The summed E-state index contributed by atoms with van der Waals surface area (Å²) in [5.74, 6) is -1.29. The maximum absolute atomic E-state index is 13.3. The van der Waals surface area contributed by atoms with Gasteiger partial charge in [-0.1, -0.05) is 69.3 Å². The minimum atomic E-state index is -0.613. The highest BCUT2D eigenvalue weighted by Crippen LogP contribution is 2.28. The van der Waals surface area contributed by atoms with E-state index in [1.807, 2.05) is 50.2 Å². The van der Waals surface area contributed by atoms with Crippen LogP contribution in [-0.2, 0) is 14.3 Å². The number of ether oxygens (including phenoxy) is 2. The zero-order chi connectivity index (χ0) is 22.4. The summed E-state index contributed by atoms with van der Waals surface area (Å²) in [6, 6.07) is 17.4. The van der Waals surface area contributed by atoms with E-state index in [1.54, 1.807) is 31.2 Å². The third-order valence-electron chi connectivity index (χ3n) is 5.48. The van der Waals surface area contributed by atoms with E-state index in [4.69, 9.17) is 9.47 Å². The van der Waals surface area contributed by atoms with Crippen LogP contribution in [0.25, 0.3) is 0 Å². The lowest BCUT2D eigenvalue weighted by molar-refractivity contribution is -0.134. The van der Waals surface area contributed by atoms with Crippen LogP contribution in [0.5, 0.6) is 0 Å². The van der Waals surface area contributed by atoms with Crippen LogP contribution in [0.2, 0.25) is 0 Å². The third kappa shape index (κ3) is 5.30. The first-order valence-corrected chi connectivity index (χ1v) is 10.4. The summed E-state index contributed by atoms with van der Waals surface area (Å²) < 4.78 is 10.5. The molecule has 2 aromatic carbocycles. The lowest BCUT2D eigenvalue weighted by Gasteiger charge is -2.30. The normalized spacial score (nSPS) is 17.9. The molecule has 1 aliphatic rings. The van der Waals surface area contributed by atoms with Crippen LogP contribution >= 0.6 is 0 Å². The van der Waals surface area contributed by atoms with Gasteiger partial charge in [0, 0.05) is 6.04 Å². The number of nitrogens with zero attached hydrogens (tertiary/aromatic N) is 1. The second-order valence-electron chi connectivity index (χ2n) is 7.92. The number of hydrogen-bond acceptors (Lipinski definition) is 6. The average molecular weight is 424 g/mol. The van der Waals surface area contributed by atoms with Gasteiger partial charge in [0.2, 0.25) is 5.91 Å². The minimum absolute atomic E-state index is 0.0804. The molecular weight excluding hydrogens is 396 g/mol. The summed E-state index contributed by atoms with van der Waals surface area (Å²) in [5.41, 5.74) is 1.30. The van der Waals surface area contributed by atoms with E-state index in [-0.39, 0.29) is 31.2 Å². The van der Waals surface area contributed by atoms with Crippen LogP contribution in [0, 0.1) is 11.8 Å². The molecule has 7 nitrogen and oxygen atoms in total. The standard InChI is InChI=1S/C24H28N2O5/c1-16(2)20-14-30-24(29)26(20)22(27)17(3)21(18-10-6-4-7-11-18)25-15-31-23(28)19-12-8-5-9-13-19/h4-13,16-17,20-21,25H,14-15H2,1-3H3/t17-,20-,21+/m1/s1. The molecule has 1 aliphatic heterocycles. The fourth-order valence-electron chi connectivity index (χ4n) is 3.64. The molecule has 0 aromatic heterocycles. The van der Waals surface area contributed by atoms with Gasteiger partial charge in [-0.05, 0) is 23.6 Å². The van der Waals surface area contributed by atoms with Gasteiger partial charge in [-0.3, -0.25) is 10.1 Å². The Labute approximate surface area is 182 Å². The van der Waals surface area contributed by atoms with Gasteiger partial charge in [0.05, 0.1) is 17.5 Å². The predicted octanol–water partition coefficient (Wildman–Crippen LogP) is 3.77. The fraction of sp³-hybridized carbons (Fsp3) is 0.375. The number of nitrogens with one attached hydrogen (secondary N) is 1. The molecule has 2 aromatic rings. The fourth-order valence-corrected chi connectivity index (χ4v) is 3.64. The van der Waals surface area contributed by atoms with Crippen LogP contribution in [-0.4, -0.2) is 42.2 Å². The number of imide groups is 1. The molecule has 0 spiro atoms. The van der Waals surface area contributed by atoms with Crippen LogP contribution in [0.1, 0.15) is 42.7 Å². The van der Waals surface area contributed by atoms with Crippen LogP contribution < -0.4 is 5.32 Å². The quantitative estimate of drug-likeness (QED) is 0.513. The molecule has 1 heterocycles. The Morgan fingerprint density at radius 1 is 1.06 bits per heavy atom. The second-order valence-corrected chi connectivity index (χ2v) is 7.92. The summed E-state index contributed by atoms with van der Waals surface area (Å²) in [6.07, 6.45) is -0.613. The lowest BCUT2D eigenvalue weighted by atomic mass is 9.92. The summed E-state index contributed by atoms with van der Waals surface area (Å²) in [5, 5.41) is 3.16. The molecule has 7 heteroatoms. The molecular formula is C24H28N2O5. The Hall–Kier alpha value is -3.19. The average Bonchev–Trinajstić information content (AvgIpc) is 3.18. The van der Waals surface area contributed by atoms with Crippen molar-refractivity contribution in [2.75, 3.05) is 13.3 Å². The van der Waals surface area contributed by atoms with Gasteiger partial charge in [0.25, 0.3) is 0 Å². The number of benzene rings is 2. The summed E-state index contributed by atoms with van der Waals surface area (Å²) >= 11 is 0. The van der Waals surface area contributed by atoms with Gasteiger partial charge < -0.3 is 9.47 Å². The molecule has 1 saturated heterocycles. The van der Waals surface area contributed by atoms with Crippen molar-refractivity contribution in [1.29, 1.82) is 0 Å². The number of hydrogen-bond donors (Lipinski definition) is 1. The Balaban J connectivity index is 1.73. The molecule has 0 saturated carbocycles. The van der Waals surface area contributed by atoms with Crippen molar-refractivity contribution in [3.05, 3.63) is 71.8 Å². The minimum Gasteiger partial charge on any atom is -0.447 e. The van der Waals surface area contributed by atoms with Crippen molar-refractivity contribution in [1.82, 2.24) is 10.2 Å². The maximum Gasteiger partial charge on any atom is 0.416 e. The van der Waals surface area contributed by atoms with E-state index in [0.717, 1.165) is 5.56 Å². The predicted molar refractivity (Wildman–Crippen MR) is 115 cm³/mol. The molecule has 0 radical (unpaired) electrons. The molecule has 0 unspecified atom stereocenters. The van der Waals surface area contributed by atoms with Crippen molar-refractivity contribution < 1.29 is 23.9 Å². The number of carbonyl (C=O) groups is 3. The zero-order valence-electron chi connectivity index (χ0n) is 18.0. The molecule has 31 heavy (non-hydrogen) atoms. The number of amides is 2. The number of esters is 1. The number of cyclic esters (lactones) is 1. The Morgan fingerprint density at radius 2 is 1.68 bits per heavy atom. The highest BCUT2D eigenvalue weighted by Gasteiger charge is 2.42. The topological polar surface area (TPSA) is 84.9 Å². The van der Waals surface area contributed by atoms with Gasteiger partial charge in [-0.15, -0.1) is 0 Å². The van der Waals surface area contributed by atoms with E-state index >= 15 is 0 Å². The first-order valence-electron chi connectivity index (χ1n) is 10.4. The van der Waals surface area contributed by atoms with Gasteiger partial charge >= 0.3 is 12.1 Å². The highest BCUT2D eigenvalue weighted by atomic mass is 16.6. The largest absolute Gasteiger partial charge is 0.447 e. The van der Waals surface area contributed by atoms with Crippen LogP contribution in [0.15, 0.2) is 60.7 Å². The Bertz CT molecular complexity index is 901. The van der Waals surface area contributed by atoms with Gasteiger partial charge in [-0.2, -0.15) is 0 Å². The van der Waals surface area contributed by atoms with Crippen LogP contribution in [0.3, 0.4) is 0 Å². The SMILES string of the molecule is CC(C)[C@H]1COC(=O)N1C(=O)[C@H](C)[C@H](NCOC(=O)c1ccccc1)c1ccccc1. The van der Waals surface area contributed by atoms with Crippen molar-refractivity contribution in [3.8, 4) is 0 Å². The van der Waals surface area contributed by atoms with E-state index in [1.165, 1.54) is 4.90 Å². The Morgan fingerprint density at radius 3 is 2.29 bits per heavy atom. The first-order chi connectivity index (χ1) is 14.9. The molecule has 3 atom stereocenters. The summed E-state index contributed by atoms with van der Waals surface area (Å²) in [7, 11) is 0. The highest BCUT2D eigenvalue weighted by molar-refractivity contribution is 5.95. The van der Waals surface area contributed by atoms with Crippen molar-refractivity contribution >= 4 is 18.0 Å². The van der Waals surface area contributed by atoms with E-state index in [0.29, 0.717) is 5.56 Å². The van der Waals surface area contributed by atoms with Gasteiger partial charge in [-0.25, -0.2) is 14.5 Å². The van der Waals surface area contributed by atoms with Gasteiger partial charge in [0.15, 0.2) is 0 Å². The van der Waals surface area contributed by atoms with Gasteiger partial charge in [0.1, 0.15) is 13.3 Å². The van der Waals surface area contributed by atoms with E-state index in [9.17, 15) is 14.4 Å². The van der Waals surface area contributed by atoms with Crippen molar-refractivity contribution in [2.24, 2.45) is 11.8 Å². The number of carbonyl (C=O) groups excluding carboxylic acids is 3. The second kappa shape index (κ2) is 10.2. The molecule has 0 bridgehead atoms. The van der Waals surface area contributed by atoms with E-state index in [2.05, 4.69) is 5.32 Å². The first kappa shape index (κ1) is 22.5. The molecule has 3 rings (SSSR count). The van der Waals surface area contributed by atoms with Crippen molar-refractivity contribution in [2.45, 2.75) is 32.9 Å². The van der Waals surface area contributed by atoms with E-state index < -0.39 is 24.0 Å². The van der Waals surface area contributed by atoms with Crippen LogP contribution in [0.4, 0.5) is 4.79 Å². The maximum atomic E-state index is 13.3. The Kier molecular flexibility index (Phi) is 7.41. The summed E-state index contributed by atoms with van der Waals surface area (Å²) in [4.78, 5) is 39.0. The number of rotatable bonds is 8. The monoisotopic (exact) mass is 424 g/mol. The molecule has 1 N–H and O–H groups in total. The zero-order valence-corrected chi connectivity index (χ0v) is 18.0. The molecule has 1 fully saturated rings. The molecule has 0 aliphatic carbocycles.